The van der Waals surface area contributed by atoms with Crippen LogP contribution in [0.15, 0.2) is 42.6 Å². The number of hydrogen-bond acceptors (Lipinski definition) is 2. The van der Waals surface area contributed by atoms with Crippen molar-refractivity contribution in [1.29, 1.82) is 0 Å². The maximum absolute atomic E-state index is 13.3. The summed E-state index contributed by atoms with van der Waals surface area (Å²) in [5.41, 5.74) is 1.01. The van der Waals surface area contributed by atoms with Crippen molar-refractivity contribution >= 4 is 10.9 Å². The minimum atomic E-state index is -0.745. The minimum Gasteiger partial charge on any atom is -0.505 e. The van der Waals surface area contributed by atoms with E-state index in [9.17, 15) is 13.9 Å². The highest BCUT2D eigenvalue weighted by Gasteiger charge is 2.11. The fourth-order valence-electron chi connectivity index (χ4n) is 2.05. The molecule has 0 aliphatic heterocycles. The Balaban J connectivity index is 2.26. The lowest BCUT2D eigenvalue weighted by Gasteiger charge is -2.07. The molecule has 2 aromatic carbocycles. The van der Waals surface area contributed by atoms with Crippen LogP contribution in [0.1, 0.15) is 0 Å². The molecular weight excluding hydrogens is 252 g/mol. The maximum Gasteiger partial charge on any atom is 0.166 e. The van der Waals surface area contributed by atoms with Crippen LogP contribution in [0.3, 0.4) is 0 Å². The third-order valence-corrected chi connectivity index (χ3v) is 3.00. The summed E-state index contributed by atoms with van der Waals surface area (Å²) < 4.78 is 28.2. The molecule has 0 atom stereocenters. The number of nitrogens with zero attached hydrogens (tertiary/aromatic N) is 1. The van der Waals surface area contributed by atoms with E-state index in [0.717, 1.165) is 12.1 Å². The number of rotatable bonds is 1. The highest BCUT2D eigenvalue weighted by molar-refractivity contribution is 5.87. The van der Waals surface area contributed by atoms with Gasteiger partial charge in [-0.3, -0.25) is 0 Å². The zero-order valence-corrected chi connectivity index (χ0v) is 9.64. The van der Waals surface area contributed by atoms with E-state index in [2.05, 4.69) is 0 Å². The van der Waals surface area contributed by atoms with E-state index in [0.29, 0.717) is 16.6 Å². The van der Waals surface area contributed by atoms with Gasteiger partial charge in [0.25, 0.3) is 0 Å². The molecule has 0 amide bonds. The van der Waals surface area contributed by atoms with Gasteiger partial charge in [0.15, 0.2) is 23.1 Å². The van der Waals surface area contributed by atoms with Crippen LogP contribution in [0, 0.1) is 11.6 Å². The highest BCUT2D eigenvalue weighted by atomic mass is 19.1. The van der Waals surface area contributed by atoms with E-state index in [1.165, 1.54) is 18.2 Å². The molecule has 0 bridgehead atoms. The molecule has 0 aliphatic carbocycles. The van der Waals surface area contributed by atoms with Crippen LogP contribution >= 0.6 is 0 Å². The van der Waals surface area contributed by atoms with Crippen LogP contribution in [0.4, 0.5) is 8.78 Å². The molecule has 0 unspecified atom stereocenters. The van der Waals surface area contributed by atoms with Crippen molar-refractivity contribution in [2.45, 2.75) is 0 Å². The summed E-state index contributed by atoms with van der Waals surface area (Å²) in [6.07, 6.45) is 1.59. The number of hydrogen-bond donors (Lipinski definition) is 2. The van der Waals surface area contributed by atoms with Gasteiger partial charge in [0.2, 0.25) is 0 Å². The standard InChI is InChI=1S/C14H9F2NO2/c15-10-2-3-12-9(14(10)19)5-6-17(12)8-1-4-13(18)11(16)7-8/h1-7,18-19H. The fraction of sp³-hybridized carbons (Fsp3) is 0. The molecule has 3 nitrogen and oxygen atoms in total. The summed E-state index contributed by atoms with van der Waals surface area (Å²) in [5.74, 6) is -2.32. The molecule has 5 heteroatoms. The average molecular weight is 261 g/mol. The Kier molecular flexibility index (Phi) is 2.41. The molecule has 0 aliphatic rings. The molecule has 96 valence electrons. The quantitative estimate of drug-likeness (QED) is 0.705. The number of aromatic nitrogens is 1. The van der Waals surface area contributed by atoms with Crippen molar-refractivity contribution in [2.75, 3.05) is 0 Å². The van der Waals surface area contributed by atoms with Gasteiger partial charge in [-0.2, -0.15) is 0 Å². The van der Waals surface area contributed by atoms with E-state index in [4.69, 9.17) is 5.11 Å². The molecule has 0 radical (unpaired) electrons. The molecule has 2 N–H and O–H groups in total. The SMILES string of the molecule is Oc1ccc(-n2ccc3c(O)c(F)ccc32)cc1F. The van der Waals surface area contributed by atoms with E-state index in [-0.39, 0.29) is 0 Å². The second-order valence-corrected chi connectivity index (χ2v) is 4.15. The third kappa shape index (κ3) is 1.71. The second kappa shape index (κ2) is 3.98. The van der Waals surface area contributed by atoms with Gasteiger partial charge in [-0.05, 0) is 30.3 Å². The molecule has 0 fully saturated rings. The van der Waals surface area contributed by atoms with Crippen molar-refractivity contribution in [2.24, 2.45) is 0 Å². The van der Waals surface area contributed by atoms with Crippen LogP contribution in [0.2, 0.25) is 0 Å². The molecule has 0 saturated carbocycles. The fourth-order valence-corrected chi connectivity index (χ4v) is 2.05. The van der Waals surface area contributed by atoms with E-state index in [1.54, 1.807) is 16.8 Å². The summed E-state index contributed by atoms with van der Waals surface area (Å²) in [7, 11) is 0. The first-order chi connectivity index (χ1) is 9.08. The molecule has 3 aromatic rings. The van der Waals surface area contributed by atoms with E-state index < -0.39 is 23.1 Å². The number of phenols is 2. The van der Waals surface area contributed by atoms with Crippen molar-refractivity contribution in [3.63, 3.8) is 0 Å². The summed E-state index contributed by atoms with van der Waals surface area (Å²) in [6, 6.07) is 8.10. The second-order valence-electron chi connectivity index (χ2n) is 4.15. The predicted molar refractivity (Wildman–Crippen MR) is 66.5 cm³/mol. The zero-order valence-electron chi connectivity index (χ0n) is 9.64. The van der Waals surface area contributed by atoms with Gasteiger partial charge in [-0.25, -0.2) is 8.78 Å². The van der Waals surface area contributed by atoms with Gasteiger partial charge in [-0.1, -0.05) is 0 Å². The topological polar surface area (TPSA) is 45.4 Å². The molecule has 19 heavy (non-hydrogen) atoms. The lowest BCUT2D eigenvalue weighted by atomic mass is 10.2. The van der Waals surface area contributed by atoms with Crippen molar-refractivity contribution in [1.82, 2.24) is 4.57 Å². The van der Waals surface area contributed by atoms with Crippen molar-refractivity contribution in [3.05, 3.63) is 54.2 Å². The Labute approximate surface area is 107 Å². The summed E-state index contributed by atoms with van der Waals surface area (Å²) in [6.45, 7) is 0. The molecule has 0 saturated heterocycles. The molecular formula is C14H9F2NO2. The van der Waals surface area contributed by atoms with Crippen LogP contribution in [-0.2, 0) is 0 Å². The van der Waals surface area contributed by atoms with Gasteiger partial charge >= 0.3 is 0 Å². The Morgan fingerprint density at radius 1 is 0.895 bits per heavy atom. The molecule has 0 spiro atoms. The number of benzene rings is 2. The summed E-state index contributed by atoms with van der Waals surface area (Å²) in [4.78, 5) is 0. The highest BCUT2D eigenvalue weighted by Crippen LogP contribution is 2.30. The number of phenolic OH excluding ortho intramolecular Hbond substituents is 2. The zero-order chi connectivity index (χ0) is 13.6. The predicted octanol–water partition coefficient (Wildman–Crippen LogP) is 3.32. The molecule has 1 heterocycles. The van der Waals surface area contributed by atoms with Crippen LogP contribution in [-0.4, -0.2) is 14.8 Å². The Hall–Kier alpha value is -2.56. The van der Waals surface area contributed by atoms with Crippen molar-refractivity contribution in [3.8, 4) is 17.2 Å². The van der Waals surface area contributed by atoms with E-state index >= 15 is 0 Å². The maximum atomic E-state index is 13.3. The average Bonchev–Trinajstić information content (AvgIpc) is 2.82. The number of aromatic hydroxyl groups is 2. The number of halogens is 2. The lowest BCUT2D eigenvalue weighted by Crippen LogP contribution is -1.93. The largest absolute Gasteiger partial charge is 0.505 e. The first-order valence-electron chi connectivity index (χ1n) is 5.55. The van der Waals surface area contributed by atoms with Gasteiger partial charge < -0.3 is 14.8 Å². The van der Waals surface area contributed by atoms with E-state index in [1.807, 2.05) is 0 Å². The molecule has 3 rings (SSSR count). The first-order valence-corrected chi connectivity index (χ1v) is 5.55. The normalized spacial score (nSPS) is 11.1. The summed E-state index contributed by atoms with van der Waals surface area (Å²) in [5, 5.41) is 19.1. The van der Waals surface area contributed by atoms with Gasteiger partial charge in [-0.15, -0.1) is 0 Å². The van der Waals surface area contributed by atoms with Crippen LogP contribution in [0.5, 0.6) is 11.5 Å². The Bertz CT molecular complexity index is 780. The minimum absolute atomic E-state index is 0.341. The van der Waals surface area contributed by atoms with Gasteiger partial charge in [0.05, 0.1) is 5.52 Å². The monoisotopic (exact) mass is 261 g/mol. The van der Waals surface area contributed by atoms with Gasteiger partial charge in [0, 0.05) is 23.3 Å². The lowest BCUT2D eigenvalue weighted by molar-refractivity contribution is 0.432. The van der Waals surface area contributed by atoms with Crippen LogP contribution in [0.25, 0.3) is 16.6 Å². The Morgan fingerprint density at radius 3 is 2.42 bits per heavy atom. The van der Waals surface area contributed by atoms with Crippen LogP contribution < -0.4 is 0 Å². The smallest absolute Gasteiger partial charge is 0.166 e. The third-order valence-electron chi connectivity index (χ3n) is 3.00. The van der Waals surface area contributed by atoms with Gasteiger partial charge in [0.1, 0.15) is 0 Å². The molecule has 1 aromatic heterocycles. The number of fused-ring (bicyclic) bond motifs is 1. The summed E-state index contributed by atoms with van der Waals surface area (Å²) >= 11 is 0. The first kappa shape index (κ1) is 11.5. The Morgan fingerprint density at radius 2 is 1.68 bits per heavy atom. The van der Waals surface area contributed by atoms with Crippen molar-refractivity contribution < 1.29 is 19.0 Å².